The number of Topliss-reactive ketones (excluding diaryl/α,β-unsaturated/α-hetero) is 1. The number of ether oxygens (including phenoxy) is 1. The van der Waals surface area contributed by atoms with Gasteiger partial charge in [-0.05, 0) is 6.42 Å². The third kappa shape index (κ3) is 2.72. The zero-order valence-corrected chi connectivity index (χ0v) is 8.78. The average molecular weight is 199 g/mol. The van der Waals surface area contributed by atoms with E-state index in [-0.39, 0.29) is 24.3 Å². The number of amides is 1. The molecule has 80 valence electrons. The molecule has 0 aromatic rings. The molecule has 1 amide bonds. The normalized spacial score (nSPS) is 21.4. The Kier molecular flexibility index (Phi) is 3.92. The van der Waals surface area contributed by atoms with Crippen molar-refractivity contribution in [3.8, 4) is 0 Å². The van der Waals surface area contributed by atoms with Gasteiger partial charge < -0.3 is 9.64 Å². The molecule has 14 heavy (non-hydrogen) atoms. The van der Waals surface area contributed by atoms with Gasteiger partial charge in [-0.15, -0.1) is 0 Å². The number of hydrogen-bond donors (Lipinski definition) is 0. The van der Waals surface area contributed by atoms with Gasteiger partial charge in [0.05, 0.1) is 13.2 Å². The zero-order valence-electron chi connectivity index (χ0n) is 8.78. The molecule has 4 nitrogen and oxygen atoms in total. The second-order valence-electron chi connectivity index (χ2n) is 3.72. The highest BCUT2D eigenvalue weighted by molar-refractivity contribution is 5.89. The third-order valence-corrected chi connectivity index (χ3v) is 2.37. The molecule has 1 aliphatic rings. The van der Waals surface area contributed by atoms with Crippen LogP contribution in [0.25, 0.3) is 0 Å². The summed E-state index contributed by atoms with van der Waals surface area (Å²) in [5.74, 6) is 0.0890. The van der Waals surface area contributed by atoms with E-state index in [1.165, 1.54) is 4.90 Å². The van der Waals surface area contributed by atoms with Gasteiger partial charge in [-0.2, -0.15) is 0 Å². The lowest BCUT2D eigenvalue weighted by atomic mass is 10.1. The Bertz CT molecular complexity index is 227. The van der Waals surface area contributed by atoms with Crippen LogP contribution in [0, 0.1) is 5.92 Å². The van der Waals surface area contributed by atoms with Gasteiger partial charge in [-0.3, -0.25) is 4.79 Å². The number of nitrogens with zero attached hydrogens (tertiary/aromatic N) is 1. The van der Waals surface area contributed by atoms with Gasteiger partial charge in [0.15, 0.2) is 5.78 Å². The van der Waals surface area contributed by atoms with Crippen LogP contribution in [0.4, 0.5) is 4.79 Å². The molecular weight excluding hydrogens is 182 g/mol. The SMILES string of the molecule is CCCCOC(=O)N1CC(=O)C(C)C1. The fraction of sp³-hybridized carbons (Fsp3) is 0.800. The van der Waals surface area contributed by atoms with E-state index in [1.54, 1.807) is 0 Å². The zero-order chi connectivity index (χ0) is 10.6. The Hall–Kier alpha value is -1.06. The fourth-order valence-corrected chi connectivity index (χ4v) is 1.38. The monoisotopic (exact) mass is 199 g/mol. The van der Waals surface area contributed by atoms with Crippen LogP contribution in [0.2, 0.25) is 0 Å². The summed E-state index contributed by atoms with van der Waals surface area (Å²) < 4.78 is 5.00. The van der Waals surface area contributed by atoms with Crippen molar-refractivity contribution < 1.29 is 14.3 Å². The maximum absolute atomic E-state index is 11.4. The topological polar surface area (TPSA) is 46.6 Å². The number of likely N-dealkylation sites (tertiary alicyclic amines) is 1. The minimum atomic E-state index is -0.351. The number of carbonyl (C=O) groups is 2. The standard InChI is InChI=1S/C10H17NO3/c1-3-4-5-14-10(13)11-6-8(2)9(12)7-11/h8H,3-7H2,1-2H3. The Morgan fingerprint density at radius 1 is 1.64 bits per heavy atom. The second kappa shape index (κ2) is 4.98. The van der Waals surface area contributed by atoms with Crippen LogP contribution in [0.15, 0.2) is 0 Å². The largest absolute Gasteiger partial charge is 0.449 e. The Morgan fingerprint density at radius 3 is 2.86 bits per heavy atom. The first-order valence-corrected chi connectivity index (χ1v) is 5.09. The number of ketones is 1. The minimum absolute atomic E-state index is 0.0336. The van der Waals surface area contributed by atoms with E-state index in [4.69, 9.17) is 4.74 Å². The molecule has 0 bridgehead atoms. The van der Waals surface area contributed by atoms with E-state index in [1.807, 2.05) is 13.8 Å². The number of unbranched alkanes of at least 4 members (excludes halogenated alkanes) is 1. The molecule has 1 heterocycles. The average Bonchev–Trinajstić information content (AvgIpc) is 2.47. The van der Waals surface area contributed by atoms with Crippen LogP contribution in [-0.2, 0) is 9.53 Å². The smallest absolute Gasteiger partial charge is 0.410 e. The Labute approximate surface area is 84.2 Å². The lowest BCUT2D eigenvalue weighted by Crippen LogP contribution is -2.29. The van der Waals surface area contributed by atoms with Crippen molar-refractivity contribution in [3.63, 3.8) is 0 Å². The van der Waals surface area contributed by atoms with Crippen LogP contribution in [-0.4, -0.2) is 36.5 Å². The molecule has 4 heteroatoms. The quantitative estimate of drug-likeness (QED) is 0.646. The lowest BCUT2D eigenvalue weighted by Gasteiger charge is -2.14. The third-order valence-electron chi connectivity index (χ3n) is 2.37. The Morgan fingerprint density at radius 2 is 2.36 bits per heavy atom. The van der Waals surface area contributed by atoms with E-state index in [0.717, 1.165) is 12.8 Å². The summed E-state index contributed by atoms with van der Waals surface area (Å²) in [5, 5.41) is 0. The molecule has 1 atom stereocenters. The first kappa shape index (κ1) is 11.0. The van der Waals surface area contributed by atoms with E-state index >= 15 is 0 Å². The summed E-state index contributed by atoms with van der Waals surface area (Å²) in [6.45, 7) is 5.04. The summed E-state index contributed by atoms with van der Waals surface area (Å²) >= 11 is 0. The fourth-order valence-electron chi connectivity index (χ4n) is 1.38. The van der Waals surface area contributed by atoms with Gasteiger partial charge in [0.25, 0.3) is 0 Å². The van der Waals surface area contributed by atoms with E-state index < -0.39 is 0 Å². The molecule has 1 aliphatic heterocycles. The van der Waals surface area contributed by atoms with Crippen LogP contribution < -0.4 is 0 Å². The first-order chi connectivity index (χ1) is 6.65. The first-order valence-electron chi connectivity index (χ1n) is 5.09. The highest BCUT2D eigenvalue weighted by Crippen LogP contribution is 2.12. The summed E-state index contributed by atoms with van der Waals surface area (Å²) in [6.07, 6.45) is 1.53. The van der Waals surface area contributed by atoms with Crippen LogP contribution in [0.3, 0.4) is 0 Å². The van der Waals surface area contributed by atoms with Gasteiger partial charge in [0.1, 0.15) is 0 Å². The van der Waals surface area contributed by atoms with E-state index in [2.05, 4.69) is 0 Å². The highest BCUT2D eigenvalue weighted by Gasteiger charge is 2.31. The van der Waals surface area contributed by atoms with Crippen molar-refractivity contribution in [1.82, 2.24) is 4.90 Å². The molecule has 0 radical (unpaired) electrons. The Balaban J connectivity index is 2.28. The molecule has 0 aliphatic carbocycles. The van der Waals surface area contributed by atoms with E-state index in [9.17, 15) is 9.59 Å². The van der Waals surface area contributed by atoms with Gasteiger partial charge in [0.2, 0.25) is 0 Å². The van der Waals surface area contributed by atoms with Crippen molar-refractivity contribution in [3.05, 3.63) is 0 Å². The summed E-state index contributed by atoms with van der Waals surface area (Å²) in [7, 11) is 0. The predicted octanol–water partition coefficient (Wildman–Crippen LogP) is 1.44. The number of carbonyl (C=O) groups excluding carboxylic acids is 2. The molecule has 1 rings (SSSR count). The molecule has 1 fully saturated rings. The summed E-state index contributed by atoms with van der Waals surface area (Å²) in [4.78, 5) is 24.0. The van der Waals surface area contributed by atoms with Crippen molar-refractivity contribution in [1.29, 1.82) is 0 Å². The van der Waals surface area contributed by atoms with Gasteiger partial charge >= 0.3 is 6.09 Å². The van der Waals surface area contributed by atoms with Gasteiger partial charge in [-0.1, -0.05) is 20.3 Å². The highest BCUT2D eigenvalue weighted by atomic mass is 16.6. The van der Waals surface area contributed by atoms with Crippen LogP contribution in [0.5, 0.6) is 0 Å². The molecular formula is C10H17NO3. The summed E-state index contributed by atoms with van der Waals surface area (Å²) in [6, 6.07) is 0. The molecule has 1 saturated heterocycles. The molecule has 0 aromatic heterocycles. The maximum atomic E-state index is 11.4. The van der Waals surface area contributed by atoms with E-state index in [0.29, 0.717) is 13.2 Å². The van der Waals surface area contributed by atoms with Crippen molar-refractivity contribution in [2.24, 2.45) is 5.92 Å². The van der Waals surface area contributed by atoms with Gasteiger partial charge in [-0.25, -0.2) is 4.79 Å². The summed E-state index contributed by atoms with van der Waals surface area (Å²) in [5.41, 5.74) is 0. The molecule has 0 spiro atoms. The van der Waals surface area contributed by atoms with Gasteiger partial charge in [0, 0.05) is 12.5 Å². The maximum Gasteiger partial charge on any atom is 0.410 e. The van der Waals surface area contributed by atoms with Crippen LogP contribution in [0.1, 0.15) is 26.7 Å². The van der Waals surface area contributed by atoms with Crippen molar-refractivity contribution in [2.75, 3.05) is 19.7 Å². The molecule has 0 N–H and O–H groups in total. The number of rotatable bonds is 3. The molecule has 0 aromatic carbocycles. The predicted molar refractivity (Wildman–Crippen MR) is 52.0 cm³/mol. The van der Waals surface area contributed by atoms with Crippen molar-refractivity contribution in [2.45, 2.75) is 26.7 Å². The lowest BCUT2D eigenvalue weighted by molar-refractivity contribution is -0.119. The second-order valence-corrected chi connectivity index (χ2v) is 3.72. The van der Waals surface area contributed by atoms with Crippen molar-refractivity contribution >= 4 is 11.9 Å². The number of hydrogen-bond acceptors (Lipinski definition) is 3. The molecule has 1 unspecified atom stereocenters. The molecule has 0 saturated carbocycles. The van der Waals surface area contributed by atoms with Crippen LogP contribution >= 0.6 is 0 Å². The minimum Gasteiger partial charge on any atom is -0.449 e.